The molecule has 0 aliphatic heterocycles. The van der Waals surface area contributed by atoms with Gasteiger partial charge in [-0.25, -0.2) is 0 Å². The van der Waals surface area contributed by atoms with Crippen LogP contribution >= 0.6 is 11.8 Å². The fourth-order valence-corrected chi connectivity index (χ4v) is 2.54. The van der Waals surface area contributed by atoms with Crippen molar-refractivity contribution in [1.29, 1.82) is 0 Å². The lowest BCUT2D eigenvalue weighted by Crippen LogP contribution is -2.42. The van der Waals surface area contributed by atoms with Crippen LogP contribution in [0.15, 0.2) is 24.3 Å². The lowest BCUT2D eigenvalue weighted by molar-refractivity contribution is -0.122. The van der Waals surface area contributed by atoms with Gasteiger partial charge in [0, 0.05) is 0 Å². The van der Waals surface area contributed by atoms with Crippen molar-refractivity contribution in [2.75, 3.05) is 25.2 Å². The van der Waals surface area contributed by atoms with Gasteiger partial charge in [-0.2, -0.15) is 11.8 Å². The first-order chi connectivity index (χ1) is 10.4. The van der Waals surface area contributed by atoms with E-state index in [9.17, 15) is 4.79 Å². The third-order valence-corrected chi connectivity index (χ3v) is 3.97. The summed E-state index contributed by atoms with van der Waals surface area (Å²) >= 11 is 1.69. The van der Waals surface area contributed by atoms with Crippen LogP contribution in [0, 0.1) is 0 Å². The maximum atomic E-state index is 11.8. The van der Waals surface area contributed by atoms with Crippen LogP contribution in [0.5, 0.6) is 5.75 Å². The highest BCUT2D eigenvalue weighted by atomic mass is 32.2. The van der Waals surface area contributed by atoms with Crippen molar-refractivity contribution in [3.8, 4) is 5.75 Å². The molecule has 5 heteroatoms. The fourth-order valence-electron chi connectivity index (χ4n) is 2.05. The molecular weight excluding hydrogens is 296 g/mol. The number of thioether (sulfide) groups is 1. The zero-order chi connectivity index (χ0) is 16.6. The maximum absolute atomic E-state index is 11.8. The van der Waals surface area contributed by atoms with E-state index in [0.29, 0.717) is 19.6 Å². The van der Waals surface area contributed by atoms with Crippen LogP contribution in [-0.2, 0) is 10.2 Å². The van der Waals surface area contributed by atoms with Crippen LogP contribution in [0.1, 0.15) is 32.8 Å². The number of nitrogens with two attached hydrogens (primary N) is 1. The van der Waals surface area contributed by atoms with Crippen molar-refractivity contribution in [3.05, 3.63) is 29.8 Å². The van der Waals surface area contributed by atoms with E-state index in [2.05, 4.69) is 32.2 Å². The van der Waals surface area contributed by atoms with Gasteiger partial charge in [0.1, 0.15) is 12.4 Å². The monoisotopic (exact) mass is 324 g/mol. The van der Waals surface area contributed by atoms with Crippen molar-refractivity contribution in [3.63, 3.8) is 0 Å². The van der Waals surface area contributed by atoms with Crippen LogP contribution in [-0.4, -0.2) is 37.1 Å². The maximum Gasteiger partial charge on any atom is 0.237 e. The van der Waals surface area contributed by atoms with Gasteiger partial charge in [0.15, 0.2) is 0 Å². The first-order valence-electron chi connectivity index (χ1n) is 7.61. The van der Waals surface area contributed by atoms with Gasteiger partial charge in [-0.05, 0) is 35.5 Å². The van der Waals surface area contributed by atoms with E-state index in [4.69, 9.17) is 10.5 Å². The predicted octanol–water partition coefficient (Wildman–Crippen LogP) is 2.56. The van der Waals surface area contributed by atoms with Crippen LogP contribution < -0.4 is 15.8 Å². The van der Waals surface area contributed by atoms with E-state index in [1.165, 1.54) is 0 Å². The van der Waals surface area contributed by atoms with Gasteiger partial charge in [0.05, 0.1) is 12.6 Å². The highest BCUT2D eigenvalue weighted by Crippen LogP contribution is 2.30. The Morgan fingerprint density at radius 3 is 2.68 bits per heavy atom. The minimum Gasteiger partial charge on any atom is -0.491 e. The molecule has 1 atom stereocenters. The summed E-state index contributed by atoms with van der Waals surface area (Å²) in [5, 5.41) is 2.82. The number of amides is 1. The molecule has 124 valence electrons. The Hall–Kier alpha value is -1.20. The summed E-state index contributed by atoms with van der Waals surface area (Å²) < 4.78 is 5.82. The highest BCUT2D eigenvalue weighted by Gasteiger charge is 2.18. The Kier molecular flexibility index (Phi) is 7.76. The van der Waals surface area contributed by atoms with E-state index >= 15 is 0 Å². The molecule has 1 aromatic rings. The number of rotatable bonds is 8. The van der Waals surface area contributed by atoms with Gasteiger partial charge in [0.2, 0.25) is 5.91 Å². The van der Waals surface area contributed by atoms with Gasteiger partial charge in [-0.15, -0.1) is 0 Å². The number of carbonyl (C=O) groups is 1. The second-order valence-corrected chi connectivity index (χ2v) is 7.26. The summed E-state index contributed by atoms with van der Waals surface area (Å²) in [6, 6.07) is 7.58. The van der Waals surface area contributed by atoms with Crippen LogP contribution in [0.25, 0.3) is 0 Å². The molecule has 0 fully saturated rings. The average molecular weight is 324 g/mol. The van der Waals surface area contributed by atoms with Gasteiger partial charge < -0.3 is 15.8 Å². The molecule has 1 rings (SSSR count). The second-order valence-electron chi connectivity index (χ2n) is 6.27. The number of hydrogen-bond donors (Lipinski definition) is 2. The molecule has 0 radical (unpaired) electrons. The van der Waals surface area contributed by atoms with Gasteiger partial charge in [-0.3, -0.25) is 4.79 Å². The molecule has 0 aromatic heterocycles. The minimum atomic E-state index is -0.436. The van der Waals surface area contributed by atoms with E-state index in [0.717, 1.165) is 17.1 Å². The molecular formula is C17H28N2O2S. The van der Waals surface area contributed by atoms with Gasteiger partial charge in [0.25, 0.3) is 0 Å². The Bertz CT molecular complexity index is 472. The summed E-state index contributed by atoms with van der Waals surface area (Å²) in [5.41, 5.74) is 7.00. The zero-order valence-electron chi connectivity index (χ0n) is 14.0. The third-order valence-electron chi connectivity index (χ3n) is 3.32. The standard InChI is InChI=1S/C17H28N2O2S/c1-17(2,3)13-7-5-6-8-15(13)21-11-10-19-16(20)14(18)9-12-22-4/h5-8,14H,9-12,18H2,1-4H3,(H,19,20)/t14-/m0/s1. The summed E-state index contributed by atoms with van der Waals surface area (Å²) in [4.78, 5) is 11.8. The summed E-state index contributed by atoms with van der Waals surface area (Å²) in [7, 11) is 0. The molecule has 0 heterocycles. The lowest BCUT2D eigenvalue weighted by atomic mass is 9.86. The molecule has 0 unspecified atom stereocenters. The van der Waals surface area contributed by atoms with Gasteiger partial charge >= 0.3 is 0 Å². The number of nitrogens with one attached hydrogen (secondary N) is 1. The fraction of sp³-hybridized carbons (Fsp3) is 0.588. The van der Waals surface area contributed by atoms with Crippen molar-refractivity contribution < 1.29 is 9.53 Å². The number of ether oxygens (including phenoxy) is 1. The Labute approximate surface area is 138 Å². The molecule has 4 nitrogen and oxygen atoms in total. The molecule has 0 aliphatic rings. The molecule has 0 spiro atoms. The normalized spacial score (nSPS) is 12.8. The molecule has 1 aromatic carbocycles. The summed E-state index contributed by atoms with van der Waals surface area (Å²) in [5.74, 6) is 1.65. The van der Waals surface area contributed by atoms with E-state index < -0.39 is 6.04 Å². The average Bonchev–Trinajstić information content (AvgIpc) is 2.48. The van der Waals surface area contributed by atoms with Crippen molar-refractivity contribution in [1.82, 2.24) is 5.32 Å². The molecule has 1 amide bonds. The molecule has 3 N–H and O–H groups in total. The summed E-state index contributed by atoms with van der Waals surface area (Å²) in [6.45, 7) is 7.36. The third kappa shape index (κ3) is 6.28. The molecule has 0 saturated heterocycles. The van der Waals surface area contributed by atoms with Gasteiger partial charge in [-0.1, -0.05) is 39.0 Å². The van der Waals surface area contributed by atoms with Crippen LogP contribution in [0.4, 0.5) is 0 Å². The minimum absolute atomic E-state index is 0.0278. The van der Waals surface area contributed by atoms with E-state index in [1.807, 2.05) is 24.5 Å². The van der Waals surface area contributed by atoms with Crippen molar-refractivity contribution in [2.45, 2.75) is 38.6 Å². The second kappa shape index (κ2) is 9.06. The lowest BCUT2D eigenvalue weighted by Gasteiger charge is -2.22. The van der Waals surface area contributed by atoms with Crippen LogP contribution in [0.2, 0.25) is 0 Å². The van der Waals surface area contributed by atoms with Crippen molar-refractivity contribution in [2.24, 2.45) is 5.73 Å². The quantitative estimate of drug-likeness (QED) is 0.721. The first-order valence-corrected chi connectivity index (χ1v) is 9.00. The Morgan fingerprint density at radius 1 is 1.36 bits per heavy atom. The smallest absolute Gasteiger partial charge is 0.237 e. The van der Waals surface area contributed by atoms with Crippen molar-refractivity contribution >= 4 is 17.7 Å². The molecule has 0 bridgehead atoms. The highest BCUT2D eigenvalue weighted by molar-refractivity contribution is 7.98. The topological polar surface area (TPSA) is 64.4 Å². The SMILES string of the molecule is CSCC[C@H](N)C(=O)NCCOc1ccccc1C(C)(C)C. The molecule has 0 saturated carbocycles. The number of carbonyl (C=O) groups excluding carboxylic acids is 1. The predicted molar refractivity (Wildman–Crippen MR) is 94.6 cm³/mol. The van der Waals surface area contributed by atoms with Crippen LogP contribution in [0.3, 0.4) is 0 Å². The molecule has 22 heavy (non-hydrogen) atoms. The first kappa shape index (κ1) is 18.8. The number of para-hydroxylation sites is 1. The van der Waals surface area contributed by atoms with E-state index in [-0.39, 0.29) is 11.3 Å². The summed E-state index contributed by atoms with van der Waals surface area (Å²) in [6.07, 6.45) is 2.70. The molecule has 0 aliphatic carbocycles. The Morgan fingerprint density at radius 2 is 2.05 bits per heavy atom. The number of benzene rings is 1. The Balaban J connectivity index is 2.41. The zero-order valence-corrected chi connectivity index (χ0v) is 14.8. The number of hydrogen-bond acceptors (Lipinski definition) is 4. The van der Waals surface area contributed by atoms with E-state index in [1.54, 1.807) is 11.8 Å². The largest absolute Gasteiger partial charge is 0.491 e.